The van der Waals surface area contributed by atoms with E-state index in [0.717, 1.165) is 0 Å². The number of amides is 1. The molecule has 0 radical (unpaired) electrons. The molecule has 0 saturated heterocycles. The van der Waals surface area contributed by atoms with E-state index >= 15 is 0 Å². The van der Waals surface area contributed by atoms with Crippen LogP contribution in [0.5, 0.6) is 5.75 Å². The van der Waals surface area contributed by atoms with Crippen molar-refractivity contribution in [1.82, 2.24) is 4.98 Å². The molecule has 1 aliphatic rings. The zero-order chi connectivity index (χ0) is 22.7. The van der Waals surface area contributed by atoms with Crippen molar-refractivity contribution in [2.75, 3.05) is 4.90 Å². The molecule has 3 aromatic rings. The molecular formula is C22H15F2N3O4S. The summed E-state index contributed by atoms with van der Waals surface area (Å²) in [6.45, 7) is -1.49. The highest BCUT2D eigenvalue weighted by Crippen LogP contribution is 2.30. The lowest BCUT2D eigenvalue weighted by Gasteiger charge is -2.17. The number of cyclic esters (lactones) is 1. The number of nitrogens with zero attached hydrogens (tertiary/aromatic N) is 3. The number of carbonyl (C=O) groups is 2. The van der Waals surface area contributed by atoms with Gasteiger partial charge in [-0.1, -0.05) is 18.2 Å². The van der Waals surface area contributed by atoms with Crippen LogP contribution in [0.2, 0.25) is 0 Å². The predicted molar refractivity (Wildman–Crippen MR) is 115 cm³/mol. The van der Waals surface area contributed by atoms with Crippen molar-refractivity contribution in [3.63, 3.8) is 0 Å². The predicted octanol–water partition coefficient (Wildman–Crippen LogP) is 4.77. The molecule has 2 heterocycles. The van der Waals surface area contributed by atoms with Crippen LogP contribution in [0.1, 0.15) is 18.2 Å². The van der Waals surface area contributed by atoms with Crippen molar-refractivity contribution in [3.05, 3.63) is 76.9 Å². The minimum atomic E-state index is -2.93. The number of carbonyl (C=O) groups excluding carboxylic acids is 2. The lowest BCUT2D eigenvalue weighted by atomic mass is 10.2. The Bertz CT molecular complexity index is 1210. The average molecular weight is 455 g/mol. The molecule has 0 atom stereocenters. The van der Waals surface area contributed by atoms with Crippen LogP contribution in [0.15, 0.2) is 70.7 Å². The van der Waals surface area contributed by atoms with Crippen molar-refractivity contribution >= 4 is 46.0 Å². The molecule has 1 aromatic heterocycles. The Balaban J connectivity index is 1.56. The van der Waals surface area contributed by atoms with E-state index in [-0.39, 0.29) is 23.3 Å². The lowest BCUT2D eigenvalue weighted by molar-refractivity contribution is -0.130. The average Bonchev–Trinajstić information content (AvgIpc) is 3.36. The first-order valence-electron chi connectivity index (χ1n) is 9.30. The SMILES string of the molecule is CC(=O)N(c1ccccc1)c1nc(/C=C2\N=C(c3ccc(OC(F)F)cc3)OC2=O)cs1. The highest BCUT2D eigenvalue weighted by atomic mass is 32.1. The molecule has 4 rings (SSSR count). The molecule has 0 bridgehead atoms. The fraction of sp³-hybridized carbons (Fsp3) is 0.0909. The maximum atomic E-state index is 12.3. The van der Waals surface area contributed by atoms with Gasteiger partial charge in [0.25, 0.3) is 0 Å². The van der Waals surface area contributed by atoms with Crippen LogP contribution in [0.25, 0.3) is 6.08 Å². The van der Waals surface area contributed by atoms with Gasteiger partial charge in [0.15, 0.2) is 10.8 Å². The van der Waals surface area contributed by atoms with Gasteiger partial charge in [0, 0.05) is 17.9 Å². The van der Waals surface area contributed by atoms with Gasteiger partial charge in [0.1, 0.15) is 5.75 Å². The van der Waals surface area contributed by atoms with Crippen LogP contribution in [0, 0.1) is 0 Å². The zero-order valence-electron chi connectivity index (χ0n) is 16.6. The molecule has 1 amide bonds. The molecule has 7 nitrogen and oxygen atoms in total. The van der Waals surface area contributed by atoms with Gasteiger partial charge in [-0.15, -0.1) is 11.3 Å². The van der Waals surface area contributed by atoms with Crippen LogP contribution in [0.4, 0.5) is 19.6 Å². The number of aliphatic imine (C=N–C) groups is 1. The number of ether oxygens (including phenoxy) is 2. The number of rotatable bonds is 6. The monoisotopic (exact) mass is 455 g/mol. The number of alkyl halides is 2. The second-order valence-corrected chi connectivity index (χ2v) is 7.32. The van der Waals surface area contributed by atoms with Crippen molar-refractivity contribution in [3.8, 4) is 5.75 Å². The van der Waals surface area contributed by atoms with E-state index in [1.54, 1.807) is 17.5 Å². The Hall–Kier alpha value is -3.92. The zero-order valence-corrected chi connectivity index (χ0v) is 17.4. The Morgan fingerprint density at radius 3 is 2.53 bits per heavy atom. The summed E-state index contributed by atoms with van der Waals surface area (Å²) in [5, 5.41) is 2.14. The molecule has 1 aliphatic heterocycles. The first-order chi connectivity index (χ1) is 15.4. The molecule has 0 N–H and O–H groups in total. The number of aromatic nitrogens is 1. The summed E-state index contributed by atoms with van der Waals surface area (Å²) in [4.78, 5) is 34.5. The van der Waals surface area contributed by atoms with Gasteiger partial charge >= 0.3 is 12.6 Å². The van der Waals surface area contributed by atoms with Gasteiger partial charge in [-0.2, -0.15) is 8.78 Å². The maximum Gasteiger partial charge on any atom is 0.387 e. The van der Waals surface area contributed by atoms with E-state index in [0.29, 0.717) is 22.1 Å². The minimum absolute atomic E-state index is 0.0205. The summed E-state index contributed by atoms with van der Waals surface area (Å²) in [5.74, 6) is -0.860. The number of esters is 1. The van der Waals surface area contributed by atoms with Crippen molar-refractivity contribution in [2.24, 2.45) is 4.99 Å². The summed E-state index contributed by atoms with van der Waals surface area (Å²) in [5.41, 5.74) is 1.56. The normalized spacial score (nSPS) is 14.4. The number of hydrogen-bond donors (Lipinski definition) is 0. The van der Waals surface area contributed by atoms with Crippen LogP contribution < -0.4 is 9.64 Å². The van der Waals surface area contributed by atoms with Crippen molar-refractivity contribution in [2.45, 2.75) is 13.5 Å². The fourth-order valence-corrected chi connectivity index (χ4v) is 3.75. The third-order valence-electron chi connectivity index (χ3n) is 4.26. The highest BCUT2D eigenvalue weighted by Gasteiger charge is 2.25. The van der Waals surface area contributed by atoms with E-state index in [4.69, 9.17) is 4.74 Å². The van der Waals surface area contributed by atoms with Gasteiger partial charge in [-0.25, -0.2) is 14.8 Å². The number of para-hydroxylation sites is 1. The summed E-state index contributed by atoms with van der Waals surface area (Å²) >= 11 is 1.24. The van der Waals surface area contributed by atoms with Crippen LogP contribution in [-0.4, -0.2) is 29.4 Å². The molecule has 0 spiro atoms. The Kier molecular flexibility index (Phi) is 6.04. The highest BCUT2D eigenvalue weighted by molar-refractivity contribution is 7.14. The molecular weight excluding hydrogens is 440 g/mol. The van der Waals surface area contributed by atoms with Gasteiger partial charge in [0.05, 0.1) is 11.4 Å². The van der Waals surface area contributed by atoms with Crippen LogP contribution >= 0.6 is 11.3 Å². The molecule has 0 unspecified atom stereocenters. The molecule has 0 aliphatic carbocycles. The van der Waals surface area contributed by atoms with Crippen molar-refractivity contribution in [1.29, 1.82) is 0 Å². The van der Waals surface area contributed by atoms with E-state index < -0.39 is 12.6 Å². The molecule has 0 saturated carbocycles. The molecule has 0 fully saturated rings. The third kappa shape index (κ3) is 4.70. The first kappa shape index (κ1) is 21.3. The van der Waals surface area contributed by atoms with Gasteiger partial charge < -0.3 is 9.47 Å². The summed E-state index contributed by atoms with van der Waals surface area (Å²) in [6, 6.07) is 14.6. The van der Waals surface area contributed by atoms with Crippen LogP contribution in [0.3, 0.4) is 0 Å². The second kappa shape index (κ2) is 9.06. The maximum absolute atomic E-state index is 12.3. The summed E-state index contributed by atoms with van der Waals surface area (Å²) in [7, 11) is 0. The van der Waals surface area contributed by atoms with Gasteiger partial charge in [-0.3, -0.25) is 9.69 Å². The van der Waals surface area contributed by atoms with Gasteiger partial charge in [-0.05, 0) is 42.5 Å². The lowest BCUT2D eigenvalue weighted by Crippen LogP contribution is -2.22. The number of halogens is 2. The van der Waals surface area contributed by atoms with Gasteiger partial charge in [0.2, 0.25) is 11.8 Å². The first-order valence-corrected chi connectivity index (χ1v) is 10.2. The minimum Gasteiger partial charge on any atom is -0.435 e. The third-order valence-corrected chi connectivity index (χ3v) is 5.11. The topological polar surface area (TPSA) is 81.1 Å². The fourth-order valence-electron chi connectivity index (χ4n) is 2.90. The number of hydrogen-bond acceptors (Lipinski definition) is 7. The van der Waals surface area contributed by atoms with E-state index in [1.165, 1.54) is 53.5 Å². The van der Waals surface area contributed by atoms with E-state index in [2.05, 4.69) is 14.7 Å². The molecule has 162 valence electrons. The number of anilines is 2. The van der Waals surface area contributed by atoms with E-state index in [9.17, 15) is 18.4 Å². The van der Waals surface area contributed by atoms with E-state index in [1.807, 2.05) is 18.2 Å². The Morgan fingerprint density at radius 2 is 1.88 bits per heavy atom. The summed E-state index contributed by atoms with van der Waals surface area (Å²) in [6.07, 6.45) is 1.45. The Morgan fingerprint density at radius 1 is 1.16 bits per heavy atom. The number of benzene rings is 2. The second-order valence-electron chi connectivity index (χ2n) is 6.48. The number of thiazole rings is 1. The Labute approximate surface area is 185 Å². The standard InChI is InChI=1S/C22H15F2N3O4S/c1-13(28)27(16-5-3-2-4-6-16)22-25-15(12-32-22)11-18-20(29)31-19(26-18)14-7-9-17(10-8-14)30-21(23)24/h2-12,21H,1H3/b18-11-. The van der Waals surface area contributed by atoms with Crippen LogP contribution in [-0.2, 0) is 14.3 Å². The molecule has 32 heavy (non-hydrogen) atoms. The quantitative estimate of drug-likeness (QED) is 0.395. The molecule has 2 aromatic carbocycles. The smallest absolute Gasteiger partial charge is 0.387 e. The molecule has 10 heteroatoms. The van der Waals surface area contributed by atoms with Crippen molar-refractivity contribution < 1.29 is 27.8 Å². The summed E-state index contributed by atoms with van der Waals surface area (Å²) < 4.78 is 34.0. The largest absolute Gasteiger partial charge is 0.435 e.